The molecule has 3 aliphatic heterocycles. The number of benzene rings is 2. The van der Waals surface area contributed by atoms with E-state index in [1.807, 2.05) is 0 Å². The van der Waals surface area contributed by atoms with Crippen LogP contribution in [0.25, 0.3) is 0 Å². The van der Waals surface area contributed by atoms with E-state index in [-0.39, 0.29) is 29.7 Å². The summed E-state index contributed by atoms with van der Waals surface area (Å²) in [5.74, 6) is -0.335. The van der Waals surface area contributed by atoms with Gasteiger partial charge in [-0.1, -0.05) is 19.1 Å². The van der Waals surface area contributed by atoms with E-state index in [0.29, 0.717) is 11.8 Å². The summed E-state index contributed by atoms with van der Waals surface area (Å²) in [6.45, 7) is 3.57. The molecule has 8 heteroatoms. The highest BCUT2D eigenvalue weighted by atomic mass is 19.4. The maximum atomic E-state index is 14.1. The van der Waals surface area contributed by atoms with Gasteiger partial charge in [0, 0.05) is 18.1 Å². The Labute approximate surface area is 232 Å². The summed E-state index contributed by atoms with van der Waals surface area (Å²) in [5, 5.41) is 9.69. The van der Waals surface area contributed by atoms with Gasteiger partial charge in [0.2, 0.25) is 0 Å². The van der Waals surface area contributed by atoms with E-state index < -0.39 is 35.5 Å². The number of aryl methyl sites for hydroxylation is 1. The molecule has 3 fully saturated rings. The van der Waals surface area contributed by atoms with Gasteiger partial charge < -0.3 is 9.84 Å². The fourth-order valence-corrected chi connectivity index (χ4v) is 8.01. The van der Waals surface area contributed by atoms with Crippen LogP contribution in [0.3, 0.4) is 0 Å². The third-order valence-corrected chi connectivity index (χ3v) is 10.1. The summed E-state index contributed by atoms with van der Waals surface area (Å²) in [4.78, 5) is 14.0. The highest BCUT2D eigenvalue weighted by molar-refractivity contribution is 5.71. The molecule has 2 saturated heterocycles. The number of fused-ring (bicyclic) bond motifs is 3. The highest BCUT2D eigenvalue weighted by Crippen LogP contribution is 2.50. The lowest BCUT2D eigenvalue weighted by atomic mass is 9.80. The van der Waals surface area contributed by atoms with Crippen molar-refractivity contribution < 1.29 is 32.2 Å². The Morgan fingerprint density at radius 2 is 1.70 bits per heavy atom. The molecule has 1 N–H and O–H groups in total. The highest BCUT2D eigenvalue weighted by Gasteiger charge is 2.47. The summed E-state index contributed by atoms with van der Waals surface area (Å²) in [6.07, 6.45) is 2.94. The molecule has 2 aromatic carbocycles. The van der Waals surface area contributed by atoms with Crippen molar-refractivity contribution >= 4 is 5.97 Å². The van der Waals surface area contributed by atoms with Crippen LogP contribution in [0.5, 0.6) is 5.75 Å². The average molecular weight is 560 g/mol. The van der Waals surface area contributed by atoms with E-state index in [1.165, 1.54) is 0 Å². The Kier molecular flexibility index (Phi) is 7.12. The van der Waals surface area contributed by atoms with E-state index in [1.54, 1.807) is 13.8 Å². The van der Waals surface area contributed by atoms with Crippen molar-refractivity contribution in [1.29, 1.82) is 0 Å². The second-order valence-corrected chi connectivity index (χ2v) is 12.5. The molecule has 7 atom stereocenters. The van der Waals surface area contributed by atoms with Crippen LogP contribution < -0.4 is 4.74 Å². The lowest BCUT2D eigenvalue weighted by Crippen LogP contribution is -2.48. The van der Waals surface area contributed by atoms with Gasteiger partial charge in [-0.05, 0) is 117 Å². The topological polar surface area (TPSA) is 49.8 Å². The predicted octanol–water partition coefficient (Wildman–Crippen LogP) is 7.76. The van der Waals surface area contributed by atoms with E-state index in [0.717, 1.165) is 86.4 Å². The first kappa shape index (κ1) is 27.6. The molecule has 5 unspecified atom stereocenters. The van der Waals surface area contributed by atoms with Crippen molar-refractivity contribution in [3.8, 4) is 5.75 Å². The number of carboxylic acids is 1. The molecule has 1 saturated carbocycles. The first-order valence-electron chi connectivity index (χ1n) is 14.7. The summed E-state index contributed by atoms with van der Waals surface area (Å²) in [6, 6.07) is 8.78. The third kappa shape index (κ3) is 5.12. The zero-order valence-corrected chi connectivity index (χ0v) is 23.0. The normalized spacial score (nSPS) is 28.9. The van der Waals surface area contributed by atoms with E-state index >= 15 is 0 Å². The molecular formula is C32H37F4NO3. The molecule has 216 valence electrons. The largest absolute Gasteiger partial charge is 0.490 e. The molecule has 6 rings (SSSR count). The number of alkyl halides is 3. The summed E-state index contributed by atoms with van der Waals surface area (Å²) in [5.41, 5.74) is 1.44. The van der Waals surface area contributed by atoms with Gasteiger partial charge in [-0.25, -0.2) is 4.39 Å². The Morgan fingerprint density at radius 3 is 2.33 bits per heavy atom. The number of piperidine rings is 1. The SMILES string of the molecule is CC(C(=O)O)C(c1ccc2c(c1)OC(C1C[C@H]3CC[C@@H](C1)N3C(C)c1cc(F)ccc1C(F)(F)F)CC2)C1CC1. The second-order valence-electron chi connectivity index (χ2n) is 12.5. The fourth-order valence-electron chi connectivity index (χ4n) is 8.01. The van der Waals surface area contributed by atoms with Crippen LogP contribution in [0.1, 0.15) is 93.0 Å². The average Bonchev–Trinajstić information content (AvgIpc) is 3.71. The molecule has 1 aliphatic carbocycles. The lowest BCUT2D eigenvalue weighted by molar-refractivity contribution is -0.142. The van der Waals surface area contributed by atoms with Crippen molar-refractivity contribution in [2.24, 2.45) is 17.8 Å². The molecule has 3 heterocycles. The Balaban J connectivity index is 1.18. The second kappa shape index (κ2) is 10.3. The number of carbonyl (C=O) groups is 1. The molecule has 4 nitrogen and oxygen atoms in total. The van der Waals surface area contributed by atoms with Gasteiger partial charge in [0.05, 0.1) is 11.5 Å². The van der Waals surface area contributed by atoms with Gasteiger partial charge in [0.15, 0.2) is 0 Å². The van der Waals surface area contributed by atoms with Crippen molar-refractivity contribution in [2.75, 3.05) is 0 Å². The van der Waals surface area contributed by atoms with Crippen LogP contribution in [0.4, 0.5) is 17.6 Å². The number of hydrogen-bond donors (Lipinski definition) is 1. The summed E-state index contributed by atoms with van der Waals surface area (Å²) < 4.78 is 62.0. The van der Waals surface area contributed by atoms with Crippen LogP contribution in [0.2, 0.25) is 0 Å². The number of rotatable bonds is 7. The molecule has 40 heavy (non-hydrogen) atoms. The van der Waals surface area contributed by atoms with Crippen LogP contribution in [-0.4, -0.2) is 34.2 Å². The fraction of sp³-hybridized carbons (Fsp3) is 0.594. The van der Waals surface area contributed by atoms with Crippen LogP contribution in [0.15, 0.2) is 36.4 Å². The van der Waals surface area contributed by atoms with Gasteiger partial charge in [-0.15, -0.1) is 0 Å². The minimum Gasteiger partial charge on any atom is -0.490 e. The molecule has 0 spiro atoms. The zero-order chi connectivity index (χ0) is 28.3. The van der Waals surface area contributed by atoms with E-state index in [2.05, 4.69) is 23.1 Å². The maximum absolute atomic E-state index is 14.1. The standard InChI is InChI=1S/C32H37F4NO3/c1-17(31(38)39)30(20-4-5-20)21-6-3-19-7-12-28(40-29(19)15-21)22-13-24-9-10-25(14-22)37(24)18(2)26-16-23(33)8-11-27(26)32(34,35)36/h3,6,8,11,15-18,20,22,24-25,28,30H,4-5,7,9-10,12-14H2,1-2H3,(H,38,39)/t17?,18?,22?,24-,25+,28?,30?. The first-order valence-corrected chi connectivity index (χ1v) is 14.7. The molecule has 4 aliphatic rings. The minimum atomic E-state index is -4.53. The Morgan fingerprint density at radius 1 is 1.00 bits per heavy atom. The molecule has 0 aromatic heterocycles. The minimum absolute atomic E-state index is 0.0130. The number of nitrogens with zero attached hydrogens (tertiary/aromatic N) is 1. The van der Waals surface area contributed by atoms with Gasteiger partial charge in [-0.3, -0.25) is 9.69 Å². The molecule has 0 radical (unpaired) electrons. The number of hydrogen-bond acceptors (Lipinski definition) is 3. The van der Waals surface area contributed by atoms with E-state index in [9.17, 15) is 27.5 Å². The van der Waals surface area contributed by atoms with Gasteiger partial charge in [0.1, 0.15) is 17.7 Å². The lowest BCUT2D eigenvalue weighted by Gasteiger charge is -2.45. The molecular weight excluding hydrogens is 522 g/mol. The van der Waals surface area contributed by atoms with Gasteiger partial charge in [-0.2, -0.15) is 13.2 Å². The smallest absolute Gasteiger partial charge is 0.416 e. The molecule has 0 amide bonds. The van der Waals surface area contributed by atoms with Gasteiger partial charge in [0.25, 0.3) is 0 Å². The Hall–Kier alpha value is -2.61. The number of aliphatic carboxylic acids is 1. The quantitative estimate of drug-likeness (QED) is 0.353. The Bertz CT molecular complexity index is 1260. The van der Waals surface area contributed by atoms with Crippen molar-refractivity contribution in [1.82, 2.24) is 4.90 Å². The van der Waals surface area contributed by atoms with Crippen molar-refractivity contribution in [3.05, 3.63) is 64.5 Å². The maximum Gasteiger partial charge on any atom is 0.416 e. The summed E-state index contributed by atoms with van der Waals surface area (Å²) >= 11 is 0. The van der Waals surface area contributed by atoms with Crippen LogP contribution in [-0.2, 0) is 17.4 Å². The van der Waals surface area contributed by atoms with Gasteiger partial charge >= 0.3 is 12.1 Å². The van der Waals surface area contributed by atoms with Crippen molar-refractivity contribution in [2.45, 2.75) is 102 Å². The van der Waals surface area contributed by atoms with Crippen LogP contribution in [0, 0.1) is 23.6 Å². The molecule has 2 aromatic rings. The zero-order valence-electron chi connectivity index (χ0n) is 23.0. The first-order chi connectivity index (χ1) is 19.0. The number of carboxylic acid groups (broad SMARTS) is 1. The number of halogens is 4. The van der Waals surface area contributed by atoms with Crippen molar-refractivity contribution in [3.63, 3.8) is 0 Å². The monoisotopic (exact) mass is 559 g/mol. The molecule has 2 bridgehead atoms. The summed E-state index contributed by atoms with van der Waals surface area (Å²) in [7, 11) is 0. The van der Waals surface area contributed by atoms with E-state index in [4.69, 9.17) is 4.74 Å². The van der Waals surface area contributed by atoms with Crippen LogP contribution >= 0.6 is 0 Å². The number of ether oxygens (including phenoxy) is 1. The third-order valence-electron chi connectivity index (χ3n) is 10.1. The predicted molar refractivity (Wildman–Crippen MR) is 143 cm³/mol.